The normalized spacial score (nSPS) is 10.5. The van der Waals surface area contributed by atoms with E-state index in [1.165, 1.54) is 0 Å². The molecule has 0 fully saturated rings. The number of likely N-dealkylation sites (N-methyl/N-ethyl adjacent to an activating group) is 1. The van der Waals surface area contributed by atoms with Gasteiger partial charge < -0.3 is 10.4 Å². The molecule has 0 aliphatic heterocycles. The van der Waals surface area contributed by atoms with Crippen molar-refractivity contribution < 1.29 is 9.90 Å². The minimum Gasteiger partial charge on any atom is -0.478 e. The molecule has 0 saturated carbocycles. The van der Waals surface area contributed by atoms with Gasteiger partial charge in [0.2, 0.25) is 0 Å². The van der Waals surface area contributed by atoms with Gasteiger partial charge in [-0.05, 0) is 20.9 Å². The van der Waals surface area contributed by atoms with Crippen LogP contribution in [0.15, 0.2) is 0 Å². The van der Waals surface area contributed by atoms with E-state index in [1.54, 1.807) is 18.5 Å². The first-order valence-corrected chi connectivity index (χ1v) is 4.49. The molecule has 1 rings (SSSR count). The summed E-state index contributed by atoms with van der Waals surface area (Å²) in [6.07, 6.45) is 0. The molecule has 1 heterocycles. The average Bonchev–Trinajstić information content (AvgIpc) is 2.38. The highest BCUT2D eigenvalue weighted by atomic mass is 16.4. The third kappa shape index (κ3) is 1.93. The minimum absolute atomic E-state index is 0.320. The van der Waals surface area contributed by atoms with Gasteiger partial charge in [0.1, 0.15) is 5.56 Å². The number of carbonyl (C=O) groups is 1. The van der Waals surface area contributed by atoms with Crippen molar-refractivity contribution >= 4 is 5.97 Å². The molecule has 5 heteroatoms. The molecule has 0 radical (unpaired) electrons. The van der Waals surface area contributed by atoms with E-state index in [1.807, 2.05) is 7.05 Å². The van der Waals surface area contributed by atoms with Gasteiger partial charge >= 0.3 is 5.97 Å². The highest BCUT2D eigenvalue weighted by Gasteiger charge is 2.16. The van der Waals surface area contributed by atoms with Crippen molar-refractivity contribution in [3.8, 4) is 0 Å². The summed E-state index contributed by atoms with van der Waals surface area (Å²) in [5, 5.41) is 16.1. The summed E-state index contributed by atoms with van der Waals surface area (Å²) in [5.41, 5.74) is 1.61. The molecule has 78 valence electrons. The summed E-state index contributed by atoms with van der Waals surface area (Å²) in [4.78, 5) is 10.9. The molecule has 0 unspecified atom stereocenters. The average molecular weight is 197 g/mol. The Morgan fingerprint density at radius 1 is 1.57 bits per heavy atom. The number of aromatic carboxylic acids is 1. The van der Waals surface area contributed by atoms with Crippen molar-refractivity contribution in [1.29, 1.82) is 0 Å². The van der Waals surface area contributed by atoms with Crippen LogP contribution in [0.2, 0.25) is 0 Å². The number of rotatable bonds is 4. The van der Waals surface area contributed by atoms with Crippen LogP contribution in [0.25, 0.3) is 0 Å². The first-order valence-electron chi connectivity index (χ1n) is 4.49. The number of nitrogens with zero attached hydrogens (tertiary/aromatic N) is 2. The Balaban J connectivity index is 2.98. The molecule has 1 aromatic heterocycles. The zero-order chi connectivity index (χ0) is 10.7. The van der Waals surface area contributed by atoms with Crippen molar-refractivity contribution in [3.05, 3.63) is 17.0 Å². The number of hydrogen-bond donors (Lipinski definition) is 2. The lowest BCUT2D eigenvalue weighted by Gasteiger charge is -2.02. The Kier molecular flexibility index (Phi) is 3.24. The molecule has 0 aliphatic rings. The summed E-state index contributed by atoms with van der Waals surface area (Å²) in [6.45, 7) is 4.96. The predicted octanol–water partition coefficient (Wildman–Crippen LogP) is 0.418. The van der Waals surface area contributed by atoms with E-state index < -0.39 is 5.97 Å². The second-order valence-corrected chi connectivity index (χ2v) is 3.18. The van der Waals surface area contributed by atoms with Crippen LogP contribution in [0.1, 0.15) is 21.7 Å². The summed E-state index contributed by atoms with van der Waals surface area (Å²) in [6, 6.07) is 0. The monoisotopic (exact) mass is 197 g/mol. The Hall–Kier alpha value is -1.36. The smallest absolute Gasteiger partial charge is 0.339 e. The van der Waals surface area contributed by atoms with Crippen LogP contribution in [0, 0.1) is 13.8 Å². The van der Waals surface area contributed by atoms with Crippen LogP contribution in [-0.2, 0) is 6.54 Å². The SMILES string of the molecule is CNCCn1nc(C)c(C(=O)O)c1C. The fourth-order valence-electron chi connectivity index (χ4n) is 1.44. The summed E-state index contributed by atoms with van der Waals surface area (Å²) >= 11 is 0. The maximum atomic E-state index is 10.9. The first kappa shape index (κ1) is 10.7. The van der Waals surface area contributed by atoms with Crippen molar-refractivity contribution in [1.82, 2.24) is 15.1 Å². The molecule has 0 saturated heterocycles. The largest absolute Gasteiger partial charge is 0.478 e. The fourth-order valence-corrected chi connectivity index (χ4v) is 1.44. The highest BCUT2D eigenvalue weighted by Crippen LogP contribution is 2.12. The van der Waals surface area contributed by atoms with E-state index in [2.05, 4.69) is 10.4 Å². The van der Waals surface area contributed by atoms with Crippen LogP contribution >= 0.6 is 0 Å². The summed E-state index contributed by atoms with van der Waals surface area (Å²) in [7, 11) is 1.85. The maximum absolute atomic E-state index is 10.9. The summed E-state index contributed by atoms with van der Waals surface area (Å²) in [5.74, 6) is -0.907. The van der Waals surface area contributed by atoms with Gasteiger partial charge in [-0.2, -0.15) is 5.10 Å². The van der Waals surface area contributed by atoms with Gasteiger partial charge in [0.05, 0.1) is 17.9 Å². The second-order valence-electron chi connectivity index (χ2n) is 3.18. The number of nitrogens with one attached hydrogen (secondary N) is 1. The quantitative estimate of drug-likeness (QED) is 0.734. The Morgan fingerprint density at radius 3 is 2.64 bits per heavy atom. The highest BCUT2D eigenvalue weighted by molar-refractivity contribution is 5.90. The van der Waals surface area contributed by atoms with Crippen molar-refractivity contribution in [2.75, 3.05) is 13.6 Å². The second kappa shape index (κ2) is 4.23. The molecule has 1 aromatic rings. The lowest BCUT2D eigenvalue weighted by Crippen LogP contribution is -2.16. The van der Waals surface area contributed by atoms with Gasteiger partial charge in [0, 0.05) is 6.54 Å². The number of aryl methyl sites for hydroxylation is 1. The Morgan fingerprint density at radius 2 is 2.21 bits per heavy atom. The Bertz CT molecular complexity index is 344. The first-order chi connectivity index (χ1) is 6.57. The van der Waals surface area contributed by atoms with Crippen LogP contribution < -0.4 is 5.32 Å². The van der Waals surface area contributed by atoms with Gasteiger partial charge in [-0.3, -0.25) is 4.68 Å². The van der Waals surface area contributed by atoms with E-state index >= 15 is 0 Å². The topological polar surface area (TPSA) is 67.2 Å². The number of carboxylic acid groups (broad SMARTS) is 1. The van der Waals surface area contributed by atoms with Crippen LogP contribution in [0.3, 0.4) is 0 Å². The molecular weight excluding hydrogens is 182 g/mol. The molecule has 0 atom stereocenters. The molecule has 2 N–H and O–H groups in total. The van der Waals surface area contributed by atoms with Gasteiger partial charge in [-0.15, -0.1) is 0 Å². The molecule has 0 aliphatic carbocycles. The van der Waals surface area contributed by atoms with Crippen LogP contribution in [-0.4, -0.2) is 34.4 Å². The van der Waals surface area contributed by atoms with Crippen molar-refractivity contribution in [3.63, 3.8) is 0 Å². The number of carboxylic acids is 1. The van der Waals surface area contributed by atoms with Gasteiger partial charge in [0.15, 0.2) is 0 Å². The van der Waals surface area contributed by atoms with E-state index in [-0.39, 0.29) is 0 Å². The van der Waals surface area contributed by atoms with E-state index in [9.17, 15) is 4.79 Å². The number of hydrogen-bond acceptors (Lipinski definition) is 3. The van der Waals surface area contributed by atoms with Gasteiger partial charge in [0.25, 0.3) is 0 Å². The molecule has 0 spiro atoms. The third-order valence-electron chi connectivity index (χ3n) is 2.17. The van der Waals surface area contributed by atoms with Crippen LogP contribution in [0.4, 0.5) is 0 Å². The lowest BCUT2D eigenvalue weighted by molar-refractivity contribution is 0.0695. The van der Waals surface area contributed by atoms with Gasteiger partial charge in [-0.1, -0.05) is 0 Å². The minimum atomic E-state index is -0.907. The predicted molar refractivity (Wildman–Crippen MR) is 52.6 cm³/mol. The molecule has 0 amide bonds. The maximum Gasteiger partial charge on any atom is 0.339 e. The molecule has 5 nitrogen and oxygen atoms in total. The standard InChI is InChI=1S/C9H15N3O2/c1-6-8(9(13)14)7(2)12(11-6)5-4-10-3/h10H,4-5H2,1-3H3,(H,13,14). The molecule has 0 bridgehead atoms. The lowest BCUT2D eigenvalue weighted by atomic mass is 10.2. The zero-order valence-electron chi connectivity index (χ0n) is 8.66. The van der Waals surface area contributed by atoms with E-state index in [4.69, 9.17) is 5.11 Å². The third-order valence-corrected chi connectivity index (χ3v) is 2.17. The molecule has 0 aromatic carbocycles. The van der Waals surface area contributed by atoms with Crippen LogP contribution in [0.5, 0.6) is 0 Å². The van der Waals surface area contributed by atoms with E-state index in [0.29, 0.717) is 23.5 Å². The zero-order valence-corrected chi connectivity index (χ0v) is 8.66. The fraction of sp³-hybridized carbons (Fsp3) is 0.556. The molecular formula is C9H15N3O2. The Labute approximate surface area is 82.7 Å². The van der Waals surface area contributed by atoms with E-state index in [0.717, 1.165) is 6.54 Å². The summed E-state index contributed by atoms with van der Waals surface area (Å²) < 4.78 is 1.72. The molecule has 14 heavy (non-hydrogen) atoms. The number of aromatic nitrogens is 2. The van der Waals surface area contributed by atoms with Gasteiger partial charge in [-0.25, -0.2) is 4.79 Å². The van der Waals surface area contributed by atoms with Crippen molar-refractivity contribution in [2.24, 2.45) is 0 Å². The van der Waals surface area contributed by atoms with Crippen molar-refractivity contribution in [2.45, 2.75) is 20.4 Å².